The summed E-state index contributed by atoms with van der Waals surface area (Å²) in [5.74, 6) is 2.94. The molecule has 0 radical (unpaired) electrons. The third-order valence-corrected chi connectivity index (χ3v) is 6.72. The van der Waals surface area contributed by atoms with Crippen molar-refractivity contribution >= 4 is 30.6 Å². The van der Waals surface area contributed by atoms with Crippen molar-refractivity contribution in [3.8, 4) is 0 Å². The van der Waals surface area contributed by atoms with Gasteiger partial charge in [0, 0.05) is 43.4 Å². The van der Waals surface area contributed by atoms with Crippen molar-refractivity contribution in [3.63, 3.8) is 0 Å². The summed E-state index contributed by atoms with van der Waals surface area (Å²) in [6, 6.07) is 3.33. The third kappa shape index (κ3) is 6.41. The van der Waals surface area contributed by atoms with E-state index in [1.54, 1.807) is 7.11 Å². The fraction of sp³-hybridized carbons (Fsp3) is 0.810. The molecular formula is C21H37Cl2N5O. The predicted molar refractivity (Wildman–Crippen MR) is 122 cm³/mol. The fourth-order valence-electron chi connectivity index (χ4n) is 4.95. The van der Waals surface area contributed by atoms with Crippen LogP contribution in [0.25, 0.3) is 0 Å². The molecule has 0 spiro atoms. The van der Waals surface area contributed by atoms with E-state index >= 15 is 0 Å². The van der Waals surface area contributed by atoms with Crippen LogP contribution < -0.4 is 11.1 Å². The van der Waals surface area contributed by atoms with Gasteiger partial charge in [0.15, 0.2) is 5.82 Å². The van der Waals surface area contributed by atoms with Crippen LogP contribution in [-0.4, -0.2) is 53.7 Å². The van der Waals surface area contributed by atoms with E-state index < -0.39 is 0 Å². The van der Waals surface area contributed by atoms with Crippen molar-refractivity contribution in [1.82, 2.24) is 14.9 Å². The van der Waals surface area contributed by atoms with Gasteiger partial charge >= 0.3 is 0 Å². The van der Waals surface area contributed by atoms with Crippen LogP contribution in [0.15, 0.2) is 6.07 Å². The van der Waals surface area contributed by atoms with E-state index in [-0.39, 0.29) is 24.8 Å². The number of likely N-dealkylation sites (tertiary alicyclic amines) is 1. The Morgan fingerprint density at radius 1 is 1.10 bits per heavy atom. The number of hydrogen-bond acceptors (Lipinski definition) is 6. The van der Waals surface area contributed by atoms with Gasteiger partial charge in [-0.2, -0.15) is 0 Å². The van der Waals surface area contributed by atoms with Gasteiger partial charge in [-0.3, -0.25) is 0 Å². The van der Waals surface area contributed by atoms with E-state index in [9.17, 15) is 0 Å². The lowest BCUT2D eigenvalue weighted by atomic mass is 9.78. The van der Waals surface area contributed by atoms with Crippen molar-refractivity contribution in [2.45, 2.75) is 76.0 Å². The molecule has 4 rings (SSSR count). The Hall–Kier alpha value is -0.660. The average Bonchev–Trinajstić information content (AvgIpc) is 3.19. The average molecular weight is 446 g/mol. The number of nitrogens with zero attached hydrogens (tertiary/aromatic N) is 3. The molecule has 0 atom stereocenters. The lowest BCUT2D eigenvalue weighted by Gasteiger charge is -2.36. The number of nitrogens with two attached hydrogens (primary N) is 1. The molecule has 3 N–H and O–H groups in total. The third-order valence-electron chi connectivity index (χ3n) is 6.72. The van der Waals surface area contributed by atoms with Gasteiger partial charge in [0.05, 0.1) is 0 Å². The first-order valence-corrected chi connectivity index (χ1v) is 10.8. The zero-order valence-electron chi connectivity index (χ0n) is 17.5. The Morgan fingerprint density at radius 2 is 1.79 bits per heavy atom. The number of nitrogens with one attached hydrogen (secondary N) is 1. The molecule has 2 aliphatic carbocycles. The molecule has 0 amide bonds. The van der Waals surface area contributed by atoms with E-state index in [1.165, 1.54) is 51.6 Å². The molecule has 0 unspecified atom stereocenters. The molecule has 29 heavy (non-hydrogen) atoms. The standard InChI is InChI=1S/C21H35N5O.2ClH/c1-27-14-21-24-19(16-10-17(22)11-16)12-20(25-21)23-13-15-6-8-26(9-7-15)18-4-2-3-5-18;;/h12,15-18H,2-11,13-14,22H2,1H3,(H,23,24,25);2*1H. The molecule has 1 aliphatic heterocycles. The lowest BCUT2D eigenvalue weighted by molar-refractivity contribution is 0.138. The van der Waals surface area contributed by atoms with Crippen LogP contribution in [0.2, 0.25) is 0 Å². The van der Waals surface area contributed by atoms with Crippen molar-refractivity contribution in [3.05, 3.63) is 17.6 Å². The Bertz CT molecular complexity index is 615. The quantitative estimate of drug-likeness (QED) is 0.665. The summed E-state index contributed by atoms with van der Waals surface area (Å²) in [6.07, 6.45) is 10.3. The number of piperidine rings is 1. The number of aromatic nitrogens is 2. The molecule has 1 saturated heterocycles. The van der Waals surface area contributed by atoms with E-state index in [0.717, 1.165) is 48.7 Å². The second-order valence-corrected chi connectivity index (χ2v) is 8.75. The van der Waals surface area contributed by atoms with Crippen LogP contribution in [0.5, 0.6) is 0 Å². The lowest BCUT2D eigenvalue weighted by Crippen LogP contribution is -2.41. The molecule has 2 heterocycles. The van der Waals surface area contributed by atoms with E-state index in [0.29, 0.717) is 18.6 Å². The first kappa shape index (κ1) is 24.6. The SMILES string of the molecule is COCc1nc(NCC2CCN(C3CCCC3)CC2)cc(C2CC(N)C2)n1.Cl.Cl. The molecule has 166 valence electrons. The van der Waals surface area contributed by atoms with E-state index in [4.69, 9.17) is 15.5 Å². The van der Waals surface area contributed by atoms with Crippen LogP contribution >= 0.6 is 24.8 Å². The molecule has 2 saturated carbocycles. The maximum atomic E-state index is 5.97. The molecule has 0 aromatic carbocycles. The smallest absolute Gasteiger partial charge is 0.156 e. The fourth-order valence-corrected chi connectivity index (χ4v) is 4.95. The second kappa shape index (κ2) is 11.7. The number of halogens is 2. The monoisotopic (exact) mass is 445 g/mol. The van der Waals surface area contributed by atoms with Gasteiger partial charge in [-0.15, -0.1) is 24.8 Å². The minimum Gasteiger partial charge on any atom is -0.377 e. The van der Waals surface area contributed by atoms with Crippen molar-refractivity contribution in [2.24, 2.45) is 11.7 Å². The summed E-state index contributed by atoms with van der Waals surface area (Å²) >= 11 is 0. The first-order valence-electron chi connectivity index (χ1n) is 10.8. The van der Waals surface area contributed by atoms with Gasteiger partial charge in [-0.1, -0.05) is 12.8 Å². The predicted octanol–water partition coefficient (Wildman–Crippen LogP) is 3.74. The topological polar surface area (TPSA) is 76.3 Å². The zero-order chi connectivity index (χ0) is 18.6. The Balaban J connectivity index is 0.00000150. The van der Waals surface area contributed by atoms with Gasteiger partial charge in [0.25, 0.3) is 0 Å². The highest BCUT2D eigenvalue weighted by atomic mass is 35.5. The van der Waals surface area contributed by atoms with E-state index in [2.05, 4.69) is 21.3 Å². The summed E-state index contributed by atoms with van der Waals surface area (Å²) in [4.78, 5) is 12.1. The van der Waals surface area contributed by atoms with Gasteiger partial charge in [0.2, 0.25) is 0 Å². The summed E-state index contributed by atoms with van der Waals surface area (Å²) in [6.45, 7) is 3.99. The minimum absolute atomic E-state index is 0. The molecule has 1 aromatic rings. The Labute approximate surface area is 187 Å². The summed E-state index contributed by atoms with van der Waals surface area (Å²) in [5, 5.41) is 3.60. The van der Waals surface area contributed by atoms with Crippen molar-refractivity contribution in [2.75, 3.05) is 32.1 Å². The normalized spacial score (nSPS) is 25.7. The second-order valence-electron chi connectivity index (χ2n) is 8.75. The summed E-state index contributed by atoms with van der Waals surface area (Å²) in [7, 11) is 1.69. The van der Waals surface area contributed by atoms with Gasteiger partial charge < -0.3 is 20.7 Å². The highest BCUT2D eigenvalue weighted by Crippen LogP contribution is 2.35. The Kier molecular flexibility index (Phi) is 9.89. The molecule has 3 aliphatic rings. The van der Waals surface area contributed by atoms with Crippen LogP contribution in [0.4, 0.5) is 5.82 Å². The number of ether oxygens (including phenoxy) is 1. The van der Waals surface area contributed by atoms with Crippen LogP contribution in [0.3, 0.4) is 0 Å². The number of anilines is 1. The van der Waals surface area contributed by atoms with Crippen LogP contribution in [0, 0.1) is 5.92 Å². The first-order chi connectivity index (χ1) is 13.2. The Morgan fingerprint density at radius 3 is 2.41 bits per heavy atom. The number of hydrogen-bond donors (Lipinski definition) is 2. The number of rotatable bonds is 7. The maximum Gasteiger partial charge on any atom is 0.156 e. The maximum absolute atomic E-state index is 5.97. The largest absolute Gasteiger partial charge is 0.377 e. The molecule has 8 heteroatoms. The molecule has 1 aromatic heterocycles. The van der Waals surface area contributed by atoms with Gasteiger partial charge in [-0.05, 0) is 57.5 Å². The highest BCUT2D eigenvalue weighted by molar-refractivity contribution is 5.85. The van der Waals surface area contributed by atoms with E-state index in [1.807, 2.05) is 0 Å². The van der Waals surface area contributed by atoms with Crippen LogP contribution in [0.1, 0.15) is 68.8 Å². The van der Waals surface area contributed by atoms with Gasteiger partial charge in [-0.25, -0.2) is 9.97 Å². The minimum atomic E-state index is 0. The number of methoxy groups -OCH3 is 1. The van der Waals surface area contributed by atoms with Crippen LogP contribution in [-0.2, 0) is 11.3 Å². The molecule has 3 fully saturated rings. The van der Waals surface area contributed by atoms with Gasteiger partial charge in [0.1, 0.15) is 12.4 Å². The van der Waals surface area contributed by atoms with Crippen molar-refractivity contribution in [1.29, 1.82) is 0 Å². The zero-order valence-corrected chi connectivity index (χ0v) is 19.1. The summed E-state index contributed by atoms with van der Waals surface area (Å²) in [5.41, 5.74) is 7.09. The molecular weight excluding hydrogens is 409 g/mol. The molecule has 0 bridgehead atoms. The van der Waals surface area contributed by atoms with Crippen molar-refractivity contribution < 1.29 is 4.74 Å². The molecule has 6 nitrogen and oxygen atoms in total. The highest BCUT2D eigenvalue weighted by Gasteiger charge is 2.30. The summed E-state index contributed by atoms with van der Waals surface area (Å²) < 4.78 is 5.26.